The maximum atomic E-state index is 7.88. The molecule has 0 saturated heterocycles. The SMILES string of the molecule is CCCO.CCO[Si](OCC)(OCC)OCC. The van der Waals surface area contributed by atoms with E-state index in [2.05, 4.69) is 0 Å². The molecule has 0 bridgehead atoms. The molecule has 5 nitrogen and oxygen atoms in total. The van der Waals surface area contributed by atoms with Crippen LogP contribution in [0.1, 0.15) is 41.0 Å². The highest BCUT2D eigenvalue weighted by atomic mass is 28.4. The molecule has 0 aliphatic carbocycles. The molecule has 0 spiro atoms. The van der Waals surface area contributed by atoms with E-state index in [1.807, 2.05) is 34.6 Å². The third-order valence-electron chi connectivity index (χ3n) is 1.51. The van der Waals surface area contributed by atoms with Crippen LogP contribution in [0.3, 0.4) is 0 Å². The van der Waals surface area contributed by atoms with Crippen LogP contribution in [0.5, 0.6) is 0 Å². The maximum Gasteiger partial charge on any atom is 0.679 e. The van der Waals surface area contributed by atoms with Gasteiger partial charge in [-0.05, 0) is 34.1 Å². The summed E-state index contributed by atoms with van der Waals surface area (Å²) in [5.74, 6) is 0. The molecular formula is C11H28O5Si. The Balaban J connectivity index is 0. The third kappa shape index (κ3) is 10.9. The lowest BCUT2D eigenvalue weighted by atomic mass is 10.5. The summed E-state index contributed by atoms with van der Waals surface area (Å²) < 4.78 is 21.7. The van der Waals surface area contributed by atoms with E-state index in [9.17, 15) is 0 Å². The van der Waals surface area contributed by atoms with Crippen LogP contribution in [0.25, 0.3) is 0 Å². The van der Waals surface area contributed by atoms with Gasteiger partial charge in [0, 0.05) is 33.0 Å². The summed E-state index contributed by atoms with van der Waals surface area (Å²) in [6.07, 6.45) is 0.875. The molecule has 6 heteroatoms. The first-order valence-corrected chi connectivity index (χ1v) is 7.96. The van der Waals surface area contributed by atoms with E-state index in [0.717, 1.165) is 6.42 Å². The van der Waals surface area contributed by atoms with Crippen LogP contribution in [0.4, 0.5) is 0 Å². The van der Waals surface area contributed by atoms with Gasteiger partial charge in [0.15, 0.2) is 0 Å². The second-order valence-electron chi connectivity index (χ2n) is 2.96. The van der Waals surface area contributed by atoms with Gasteiger partial charge in [0.1, 0.15) is 0 Å². The fourth-order valence-corrected chi connectivity index (χ4v) is 2.87. The molecule has 0 aliphatic rings. The molecule has 0 atom stereocenters. The molecule has 0 heterocycles. The van der Waals surface area contributed by atoms with E-state index in [0.29, 0.717) is 33.0 Å². The Morgan fingerprint density at radius 2 is 0.941 bits per heavy atom. The highest BCUT2D eigenvalue weighted by Gasteiger charge is 2.44. The van der Waals surface area contributed by atoms with Crippen molar-refractivity contribution in [3.05, 3.63) is 0 Å². The Morgan fingerprint density at radius 1 is 0.706 bits per heavy atom. The number of hydrogen-bond donors (Lipinski definition) is 1. The molecule has 0 aromatic heterocycles. The summed E-state index contributed by atoms with van der Waals surface area (Å²) in [7, 11) is -2.80. The van der Waals surface area contributed by atoms with Gasteiger partial charge in [0.05, 0.1) is 0 Å². The van der Waals surface area contributed by atoms with Crippen LogP contribution in [-0.2, 0) is 17.7 Å². The number of aliphatic hydroxyl groups excluding tert-OH is 1. The summed E-state index contributed by atoms with van der Waals surface area (Å²) in [4.78, 5) is 0. The fraction of sp³-hybridized carbons (Fsp3) is 1.00. The van der Waals surface area contributed by atoms with Crippen molar-refractivity contribution >= 4 is 9.05 Å². The van der Waals surface area contributed by atoms with E-state index < -0.39 is 9.05 Å². The van der Waals surface area contributed by atoms with Crippen LogP contribution in [0.2, 0.25) is 0 Å². The average molecular weight is 268 g/mol. The summed E-state index contributed by atoms with van der Waals surface area (Å²) in [6.45, 7) is 12.0. The molecule has 0 saturated carbocycles. The number of aliphatic hydroxyl groups is 1. The molecule has 0 radical (unpaired) electrons. The highest BCUT2D eigenvalue weighted by Crippen LogP contribution is 2.11. The minimum atomic E-state index is -2.80. The Kier molecular flexibility index (Phi) is 16.0. The zero-order chi connectivity index (χ0) is 13.6. The van der Waals surface area contributed by atoms with Gasteiger partial charge in [0.25, 0.3) is 0 Å². The smallest absolute Gasteiger partial charge is 0.396 e. The molecule has 0 aliphatic heterocycles. The van der Waals surface area contributed by atoms with Crippen LogP contribution in [0.15, 0.2) is 0 Å². The van der Waals surface area contributed by atoms with Crippen molar-refractivity contribution in [2.45, 2.75) is 41.0 Å². The van der Waals surface area contributed by atoms with E-state index >= 15 is 0 Å². The van der Waals surface area contributed by atoms with Crippen molar-refractivity contribution in [1.29, 1.82) is 0 Å². The topological polar surface area (TPSA) is 57.2 Å². The lowest BCUT2D eigenvalue weighted by molar-refractivity contribution is -0.0247. The second-order valence-corrected chi connectivity index (χ2v) is 5.11. The Labute approximate surface area is 107 Å². The number of hydrogen-bond acceptors (Lipinski definition) is 5. The van der Waals surface area contributed by atoms with Crippen molar-refractivity contribution in [2.75, 3.05) is 33.0 Å². The van der Waals surface area contributed by atoms with Crippen molar-refractivity contribution in [3.8, 4) is 0 Å². The Morgan fingerprint density at radius 3 is 1.06 bits per heavy atom. The van der Waals surface area contributed by atoms with Gasteiger partial charge >= 0.3 is 9.05 Å². The second kappa shape index (κ2) is 14.1. The molecule has 106 valence electrons. The molecule has 17 heavy (non-hydrogen) atoms. The van der Waals surface area contributed by atoms with Crippen LogP contribution < -0.4 is 0 Å². The highest BCUT2D eigenvalue weighted by molar-refractivity contribution is 6.53. The summed E-state index contributed by atoms with van der Waals surface area (Å²) in [6, 6.07) is 0. The van der Waals surface area contributed by atoms with Gasteiger partial charge < -0.3 is 22.8 Å². The van der Waals surface area contributed by atoms with Gasteiger partial charge in [-0.3, -0.25) is 0 Å². The Bertz CT molecular complexity index is 114. The average Bonchev–Trinajstić information content (AvgIpc) is 2.31. The van der Waals surface area contributed by atoms with E-state index in [-0.39, 0.29) is 0 Å². The van der Waals surface area contributed by atoms with Crippen molar-refractivity contribution in [2.24, 2.45) is 0 Å². The third-order valence-corrected chi connectivity index (χ3v) is 4.08. The molecule has 0 aromatic rings. The Hall–Kier alpha value is 0.0169. The minimum absolute atomic E-state index is 0.319. The first-order chi connectivity index (χ1) is 8.16. The predicted octanol–water partition coefficient (Wildman–Crippen LogP) is 1.96. The van der Waals surface area contributed by atoms with Crippen LogP contribution in [-0.4, -0.2) is 47.2 Å². The van der Waals surface area contributed by atoms with Gasteiger partial charge in [-0.25, -0.2) is 0 Å². The van der Waals surface area contributed by atoms with Crippen molar-refractivity contribution in [1.82, 2.24) is 0 Å². The zero-order valence-electron chi connectivity index (χ0n) is 11.8. The predicted molar refractivity (Wildman–Crippen MR) is 69.6 cm³/mol. The van der Waals surface area contributed by atoms with Crippen LogP contribution in [0, 0.1) is 0 Å². The molecule has 0 rings (SSSR count). The minimum Gasteiger partial charge on any atom is -0.396 e. The molecule has 0 unspecified atom stereocenters. The van der Waals surface area contributed by atoms with E-state index in [1.165, 1.54) is 0 Å². The standard InChI is InChI=1S/C8H20O4Si.C3H8O/c1-5-9-13(10-6-2,11-7-3)12-8-4;1-2-3-4/h5-8H2,1-4H3;4H,2-3H2,1H3. The molecule has 0 amide bonds. The molecule has 0 aromatic carbocycles. The van der Waals surface area contributed by atoms with E-state index in [4.69, 9.17) is 22.8 Å². The van der Waals surface area contributed by atoms with Gasteiger partial charge in [-0.15, -0.1) is 0 Å². The van der Waals surface area contributed by atoms with Crippen LogP contribution >= 0.6 is 0 Å². The summed E-state index contributed by atoms with van der Waals surface area (Å²) in [5, 5.41) is 7.88. The fourth-order valence-electron chi connectivity index (χ4n) is 0.957. The number of rotatable bonds is 9. The summed E-state index contributed by atoms with van der Waals surface area (Å²) >= 11 is 0. The van der Waals surface area contributed by atoms with Gasteiger partial charge in [-0.1, -0.05) is 6.92 Å². The van der Waals surface area contributed by atoms with Gasteiger partial charge in [0.2, 0.25) is 0 Å². The monoisotopic (exact) mass is 268 g/mol. The normalized spacial score (nSPS) is 10.9. The first kappa shape index (κ1) is 19.4. The lowest BCUT2D eigenvalue weighted by Crippen LogP contribution is -2.49. The largest absolute Gasteiger partial charge is 0.679 e. The maximum absolute atomic E-state index is 7.88. The lowest BCUT2D eigenvalue weighted by Gasteiger charge is -2.26. The molecule has 0 fully saturated rings. The molecule has 1 N–H and O–H groups in total. The summed E-state index contributed by atoms with van der Waals surface area (Å²) in [5.41, 5.74) is 0. The van der Waals surface area contributed by atoms with Gasteiger partial charge in [-0.2, -0.15) is 0 Å². The van der Waals surface area contributed by atoms with Crippen molar-refractivity contribution < 1.29 is 22.8 Å². The zero-order valence-corrected chi connectivity index (χ0v) is 12.8. The quantitative estimate of drug-likeness (QED) is 0.648. The van der Waals surface area contributed by atoms with E-state index in [1.54, 1.807) is 0 Å². The molecular weight excluding hydrogens is 240 g/mol. The van der Waals surface area contributed by atoms with Crippen molar-refractivity contribution in [3.63, 3.8) is 0 Å². The first-order valence-electron chi connectivity index (χ1n) is 6.32.